The van der Waals surface area contributed by atoms with Crippen molar-refractivity contribution in [3.05, 3.63) is 0 Å². The fourth-order valence-electron chi connectivity index (χ4n) is 1.65. The van der Waals surface area contributed by atoms with Gasteiger partial charge in [0.2, 0.25) is 0 Å². The third kappa shape index (κ3) is 1.78. The van der Waals surface area contributed by atoms with Crippen molar-refractivity contribution in [3.63, 3.8) is 0 Å². The second kappa shape index (κ2) is 2.51. The Labute approximate surface area is 72.8 Å². The summed E-state index contributed by atoms with van der Waals surface area (Å²) in [5.41, 5.74) is 0. The molecule has 62 valence electrons. The van der Waals surface area contributed by atoms with Crippen LogP contribution in [-0.2, 0) is 0 Å². The summed E-state index contributed by atoms with van der Waals surface area (Å²) >= 11 is 12.8. The van der Waals surface area contributed by atoms with Gasteiger partial charge in [0.25, 0.3) is 0 Å². The van der Waals surface area contributed by atoms with Crippen molar-refractivity contribution in [3.8, 4) is 0 Å². The Morgan fingerprint density at radius 2 is 2.10 bits per heavy atom. The molecule has 1 fully saturated rings. The Kier molecular flexibility index (Phi) is 2.28. The van der Waals surface area contributed by atoms with E-state index in [1.54, 1.807) is 0 Å². The van der Waals surface area contributed by atoms with E-state index in [4.69, 9.17) is 22.5 Å². The molecule has 0 bridgehead atoms. The van der Waals surface area contributed by atoms with Gasteiger partial charge in [-0.3, -0.25) is 0 Å². The summed E-state index contributed by atoms with van der Waals surface area (Å²) in [4.78, 5) is 0. The van der Waals surface area contributed by atoms with Crippen LogP contribution in [0.2, 0.25) is 0 Å². The topological polar surface area (TPSA) is 0 Å². The quantitative estimate of drug-likeness (QED) is 0.564. The first-order chi connectivity index (χ1) is 4.44. The van der Waals surface area contributed by atoms with Crippen molar-refractivity contribution in [2.75, 3.05) is 18.5 Å². The molecule has 1 aliphatic rings. The molecule has 3 heteroatoms. The van der Waals surface area contributed by atoms with Gasteiger partial charge in [0.05, 0.1) is 0 Å². The number of hydrogen-bond acceptors (Lipinski definition) is 0. The zero-order chi connectivity index (χ0) is 7.85. The summed E-state index contributed by atoms with van der Waals surface area (Å²) < 4.78 is 0. The van der Waals surface area contributed by atoms with Gasteiger partial charge in [-0.05, 0) is 0 Å². The summed E-state index contributed by atoms with van der Waals surface area (Å²) in [7, 11) is 0. The third-order valence-electron chi connectivity index (χ3n) is 2.50. The Morgan fingerprint density at radius 1 is 1.50 bits per heavy atom. The maximum atomic E-state index is 6.40. The summed E-state index contributed by atoms with van der Waals surface area (Å²) in [5, 5.41) is -2.14. The van der Waals surface area contributed by atoms with Crippen LogP contribution in [0, 0.1) is 5.92 Å². The first-order valence-electron chi connectivity index (χ1n) is 3.89. The molecule has 0 N–H and O–H groups in total. The summed E-state index contributed by atoms with van der Waals surface area (Å²) in [6.07, 6.45) is 4.41. The first-order valence-corrected chi connectivity index (χ1v) is 8.49. The first kappa shape index (κ1) is 9.10. The van der Waals surface area contributed by atoms with Gasteiger partial charge in [-0.25, -0.2) is 0 Å². The summed E-state index contributed by atoms with van der Waals surface area (Å²) in [6, 6.07) is 0. The number of halogens is 2. The molecule has 1 aliphatic heterocycles. The summed E-state index contributed by atoms with van der Waals surface area (Å²) in [5.74, 6) is 0.757. The average Bonchev–Trinajstić information content (AvgIpc) is 2.10. The van der Waals surface area contributed by atoms with Crippen LogP contribution < -0.4 is 0 Å². The molecule has 1 rings (SSSR count). The van der Waals surface area contributed by atoms with Gasteiger partial charge in [0.15, 0.2) is 0 Å². The fourth-order valence-corrected chi connectivity index (χ4v) is 6.94. The van der Waals surface area contributed by atoms with E-state index in [2.05, 4.69) is 13.8 Å². The van der Waals surface area contributed by atoms with Crippen LogP contribution in [-0.4, -0.2) is 18.5 Å². The van der Waals surface area contributed by atoms with Gasteiger partial charge in [-0.1, -0.05) is 0 Å². The molecule has 1 saturated heterocycles. The van der Waals surface area contributed by atoms with Gasteiger partial charge < -0.3 is 0 Å². The predicted octanol–water partition coefficient (Wildman–Crippen LogP) is 3.91. The Bertz CT molecular complexity index is 145. The van der Waals surface area contributed by atoms with Gasteiger partial charge in [-0.15, -0.1) is 0 Å². The maximum absolute atomic E-state index is 6.40. The van der Waals surface area contributed by atoms with E-state index < -0.39 is 5.31 Å². The van der Waals surface area contributed by atoms with Crippen molar-refractivity contribution in [2.24, 2.45) is 5.92 Å². The normalized spacial score (nSPS) is 40.4. The zero-order valence-electron chi connectivity index (χ0n) is 6.61. The molecule has 1 heterocycles. The van der Waals surface area contributed by atoms with Crippen molar-refractivity contribution < 1.29 is 0 Å². The standard InChI is InChI=1S/C7H15Cl2P/c1-3-10(8,9)5-4-7(2)6-10/h7H,3-6H2,1-2H3. The Morgan fingerprint density at radius 3 is 2.30 bits per heavy atom. The third-order valence-corrected chi connectivity index (χ3v) is 9.79. The van der Waals surface area contributed by atoms with Crippen LogP contribution in [0.5, 0.6) is 0 Å². The molecular formula is C7H15Cl2P. The molecule has 0 aromatic rings. The van der Waals surface area contributed by atoms with E-state index in [9.17, 15) is 0 Å². The van der Waals surface area contributed by atoms with Gasteiger partial charge >= 0.3 is 72.5 Å². The molecule has 0 radical (unpaired) electrons. The van der Waals surface area contributed by atoms with Gasteiger partial charge in [-0.2, -0.15) is 0 Å². The Balaban J connectivity index is 2.70. The Hall–Kier alpha value is 1.01. The van der Waals surface area contributed by atoms with Crippen molar-refractivity contribution in [1.29, 1.82) is 0 Å². The van der Waals surface area contributed by atoms with Crippen molar-refractivity contribution in [2.45, 2.75) is 20.3 Å². The van der Waals surface area contributed by atoms with Crippen LogP contribution >= 0.6 is 27.8 Å². The van der Waals surface area contributed by atoms with E-state index in [0.29, 0.717) is 0 Å². The van der Waals surface area contributed by atoms with Crippen molar-refractivity contribution >= 4 is 27.8 Å². The molecule has 10 heavy (non-hydrogen) atoms. The van der Waals surface area contributed by atoms with Gasteiger partial charge in [0.1, 0.15) is 0 Å². The van der Waals surface area contributed by atoms with Crippen LogP contribution in [0.15, 0.2) is 0 Å². The SMILES string of the molecule is CCP1(Cl)(Cl)CCC(C)C1. The summed E-state index contributed by atoms with van der Waals surface area (Å²) in [6.45, 7) is 4.37. The molecule has 0 saturated carbocycles. The second-order valence-corrected chi connectivity index (χ2v) is 13.8. The van der Waals surface area contributed by atoms with Crippen LogP contribution in [0.4, 0.5) is 0 Å². The zero-order valence-corrected chi connectivity index (χ0v) is 9.02. The monoisotopic (exact) mass is 200 g/mol. The number of rotatable bonds is 1. The predicted molar refractivity (Wildman–Crippen MR) is 52.7 cm³/mol. The second-order valence-electron chi connectivity index (χ2n) is 3.57. The van der Waals surface area contributed by atoms with Crippen LogP contribution in [0.1, 0.15) is 20.3 Å². The van der Waals surface area contributed by atoms with Crippen LogP contribution in [0.3, 0.4) is 0 Å². The molecule has 0 aromatic heterocycles. The van der Waals surface area contributed by atoms with E-state index >= 15 is 0 Å². The van der Waals surface area contributed by atoms with E-state index in [-0.39, 0.29) is 0 Å². The molecule has 0 nitrogen and oxygen atoms in total. The van der Waals surface area contributed by atoms with Gasteiger partial charge in [0, 0.05) is 0 Å². The molecule has 0 aliphatic carbocycles. The van der Waals surface area contributed by atoms with E-state index in [0.717, 1.165) is 24.4 Å². The van der Waals surface area contributed by atoms with E-state index in [1.165, 1.54) is 6.42 Å². The van der Waals surface area contributed by atoms with Crippen LogP contribution in [0.25, 0.3) is 0 Å². The fraction of sp³-hybridized carbons (Fsp3) is 1.00. The average molecular weight is 201 g/mol. The molecule has 0 amide bonds. The minimum absolute atomic E-state index is 0.757. The molecule has 0 spiro atoms. The molecule has 0 aromatic carbocycles. The molecular weight excluding hydrogens is 186 g/mol. The molecule has 1 atom stereocenters. The number of hydrogen-bond donors (Lipinski definition) is 0. The molecule has 1 unspecified atom stereocenters. The van der Waals surface area contributed by atoms with E-state index in [1.807, 2.05) is 0 Å². The minimum atomic E-state index is -2.14. The van der Waals surface area contributed by atoms with Crippen molar-refractivity contribution in [1.82, 2.24) is 0 Å².